The molecule has 23 heavy (non-hydrogen) atoms. The third-order valence-corrected chi connectivity index (χ3v) is 3.15. The third-order valence-electron chi connectivity index (χ3n) is 3.15. The van der Waals surface area contributed by atoms with Crippen molar-refractivity contribution in [3.8, 4) is 17.2 Å². The van der Waals surface area contributed by atoms with Crippen LogP contribution in [0.1, 0.15) is 45.6 Å². The van der Waals surface area contributed by atoms with Crippen LogP contribution in [0.5, 0.6) is 17.2 Å². The first-order chi connectivity index (χ1) is 11.3. The molecule has 1 radical (unpaired) electrons. The maximum absolute atomic E-state index is 10.1. The van der Waals surface area contributed by atoms with Gasteiger partial charge in [0.05, 0.1) is 19.8 Å². The number of rotatable bonds is 12. The summed E-state index contributed by atoms with van der Waals surface area (Å²) in [5, 5.41) is 0. The lowest BCUT2D eigenvalue weighted by Crippen LogP contribution is -2.03. The fourth-order valence-electron chi connectivity index (χ4n) is 2.22. The van der Waals surface area contributed by atoms with Crippen molar-refractivity contribution in [3.05, 3.63) is 29.8 Å². The Bertz CT molecular complexity index is 467. The predicted molar refractivity (Wildman–Crippen MR) is 92.3 cm³/mol. The molecular weight excluding hydrogens is 292 g/mol. The average molecular weight is 319 g/mol. The van der Waals surface area contributed by atoms with Crippen molar-refractivity contribution in [2.45, 2.75) is 46.5 Å². The summed E-state index contributed by atoms with van der Waals surface area (Å²) >= 11 is 0. The molecule has 0 saturated carbocycles. The molecule has 0 aliphatic carbocycles. The third kappa shape index (κ3) is 6.76. The van der Waals surface area contributed by atoms with Crippen LogP contribution in [0, 0.1) is 0 Å². The van der Waals surface area contributed by atoms with E-state index >= 15 is 0 Å². The molecule has 4 nitrogen and oxygen atoms in total. The molecule has 4 heteroatoms. The van der Waals surface area contributed by atoms with E-state index in [1.807, 2.05) is 45.3 Å². The molecule has 1 aromatic carbocycles. The highest BCUT2D eigenvalue weighted by Crippen LogP contribution is 2.39. The lowest BCUT2D eigenvalue weighted by Gasteiger charge is -2.17. The second-order valence-corrected chi connectivity index (χ2v) is 4.91. The monoisotopic (exact) mass is 319 g/mol. The standard InChI is InChI=1S/C19H27O4/c1-4-21-17-14-16(12-10-8-7-9-11-13-20)15-18(22-5-2)19(17)23-6-3/h7-8,14-15H,4-6,9-12H2,1-3H3. The summed E-state index contributed by atoms with van der Waals surface area (Å²) in [5.41, 5.74) is 1.15. The second-order valence-electron chi connectivity index (χ2n) is 4.91. The van der Waals surface area contributed by atoms with Gasteiger partial charge in [-0.15, -0.1) is 0 Å². The van der Waals surface area contributed by atoms with Crippen LogP contribution in [0.15, 0.2) is 24.3 Å². The Morgan fingerprint density at radius 3 is 2.00 bits per heavy atom. The molecule has 0 aliphatic heterocycles. The Morgan fingerprint density at radius 1 is 0.913 bits per heavy atom. The Morgan fingerprint density at radius 2 is 1.48 bits per heavy atom. The van der Waals surface area contributed by atoms with Crippen LogP contribution in [-0.4, -0.2) is 26.1 Å². The summed E-state index contributed by atoms with van der Waals surface area (Å²) in [6, 6.07) is 4.04. The lowest BCUT2D eigenvalue weighted by molar-refractivity contribution is 0.260. The van der Waals surface area contributed by atoms with Gasteiger partial charge in [-0.3, -0.25) is 4.79 Å². The van der Waals surface area contributed by atoms with E-state index < -0.39 is 0 Å². The average Bonchev–Trinajstić information content (AvgIpc) is 2.54. The van der Waals surface area contributed by atoms with Crippen molar-refractivity contribution in [2.24, 2.45) is 0 Å². The molecule has 0 aromatic heterocycles. The first kappa shape index (κ1) is 19.1. The van der Waals surface area contributed by atoms with Gasteiger partial charge in [-0.25, -0.2) is 0 Å². The smallest absolute Gasteiger partial charge is 0.203 e. The Hall–Kier alpha value is -1.97. The number of carbonyl (C=O) groups excluding carboxylic acids is 1. The summed E-state index contributed by atoms with van der Waals surface area (Å²) < 4.78 is 17.1. The van der Waals surface area contributed by atoms with Crippen molar-refractivity contribution in [1.82, 2.24) is 0 Å². The minimum atomic E-state index is 0.461. The number of allylic oxidation sites excluding steroid dienone is 2. The van der Waals surface area contributed by atoms with Crippen LogP contribution in [0.2, 0.25) is 0 Å². The number of unbranched alkanes of at least 4 members (excludes halogenated alkanes) is 1. The van der Waals surface area contributed by atoms with E-state index in [-0.39, 0.29) is 0 Å². The summed E-state index contributed by atoms with van der Waals surface area (Å²) in [6.07, 6.45) is 9.00. The zero-order valence-electron chi connectivity index (χ0n) is 14.4. The zero-order valence-corrected chi connectivity index (χ0v) is 14.4. The number of benzene rings is 1. The highest BCUT2D eigenvalue weighted by atomic mass is 16.5. The number of hydrogen-bond donors (Lipinski definition) is 0. The van der Waals surface area contributed by atoms with E-state index in [0.29, 0.717) is 32.0 Å². The minimum absolute atomic E-state index is 0.461. The predicted octanol–water partition coefficient (Wildman–Crippen LogP) is 4.26. The van der Waals surface area contributed by atoms with Crippen molar-refractivity contribution in [1.29, 1.82) is 0 Å². The minimum Gasteiger partial charge on any atom is -0.490 e. The molecule has 127 valence electrons. The van der Waals surface area contributed by atoms with Gasteiger partial charge in [0.1, 0.15) is 0 Å². The zero-order chi connectivity index (χ0) is 16.9. The van der Waals surface area contributed by atoms with Gasteiger partial charge in [0.15, 0.2) is 17.8 Å². The molecule has 0 saturated heterocycles. The Balaban J connectivity index is 2.85. The lowest BCUT2D eigenvalue weighted by atomic mass is 10.1. The molecule has 0 bridgehead atoms. The first-order valence-electron chi connectivity index (χ1n) is 8.32. The largest absolute Gasteiger partial charge is 0.490 e. The molecule has 1 aromatic rings. The maximum Gasteiger partial charge on any atom is 0.203 e. The number of hydrogen-bond acceptors (Lipinski definition) is 4. The van der Waals surface area contributed by atoms with Gasteiger partial charge in [-0.05, 0) is 57.7 Å². The highest BCUT2D eigenvalue weighted by Gasteiger charge is 2.14. The molecule has 0 heterocycles. The van der Waals surface area contributed by atoms with Gasteiger partial charge in [-0.1, -0.05) is 12.2 Å². The number of ether oxygens (including phenoxy) is 3. The van der Waals surface area contributed by atoms with Crippen molar-refractivity contribution in [3.63, 3.8) is 0 Å². The molecule has 0 amide bonds. The van der Waals surface area contributed by atoms with Crippen molar-refractivity contribution >= 4 is 6.29 Å². The molecule has 1 rings (SSSR count). The van der Waals surface area contributed by atoms with Crippen LogP contribution >= 0.6 is 0 Å². The van der Waals surface area contributed by atoms with E-state index in [9.17, 15) is 4.79 Å². The molecule has 0 aliphatic rings. The van der Waals surface area contributed by atoms with E-state index in [2.05, 4.69) is 6.08 Å². The van der Waals surface area contributed by atoms with Crippen LogP contribution in [-0.2, 0) is 11.2 Å². The maximum atomic E-state index is 10.1. The van der Waals surface area contributed by atoms with Crippen LogP contribution < -0.4 is 14.2 Å². The van der Waals surface area contributed by atoms with Crippen LogP contribution in [0.3, 0.4) is 0 Å². The van der Waals surface area contributed by atoms with Crippen molar-refractivity contribution in [2.75, 3.05) is 19.8 Å². The number of aryl methyl sites for hydroxylation is 1. The molecule has 0 N–H and O–H groups in total. The SMILES string of the molecule is CCOc1cc(CCC=CCC[C]=O)cc(OCC)c1OCC. The quantitative estimate of drug-likeness (QED) is 0.426. The summed E-state index contributed by atoms with van der Waals surface area (Å²) in [6.45, 7) is 7.58. The van der Waals surface area contributed by atoms with E-state index in [1.54, 1.807) is 0 Å². The summed E-state index contributed by atoms with van der Waals surface area (Å²) in [5.74, 6) is 2.14. The molecule has 0 unspecified atom stereocenters. The van der Waals surface area contributed by atoms with Gasteiger partial charge in [0.2, 0.25) is 5.75 Å². The fraction of sp³-hybridized carbons (Fsp3) is 0.526. The summed E-state index contributed by atoms with van der Waals surface area (Å²) in [7, 11) is 0. The van der Waals surface area contributed by atoms with E-state index in [0.717, 1.165) is 36.3 Å². The molecular formula is C19H27O4. The normalized spacial score (nSPS) is 10.7. The molecule has 0 spiro atoms. The van der Waals surface area contributed by atoms with Gasteiger partial charge < -0.3 is 14.2 Å². The van der Waals surface area contributed by atoms with Crippen LogP contribution in [0.25, 0.3) is 0 Å². The van der Waals surface area contributed by atoms with Gasteiger partial charge in [0, 0.05) is 6.42 Å². The van der Waals surface area contributed by atoms with E-state index in [1.165, 1.54) is 0 Å². The van der Waals surface area contributed by atoms with Gasteiger partial charge >= 0.3 is 0 Å². The summed E-state index contributed by atoms with van der Waals surface area (Å²) in [4.78, 5) is 10.1. The second kappa shape index (κ2) is 11.6. The van der Waals surface area contributed by atoms with Gasteiger partial charge in [-0.2, -0.15) is 0 Å². The van der Waals surface area contributed by atoms with Gasteiger partial charge in [0.25, 0.3) is 0 Å². The highest BCUT2D eigenvalue weighted by molar-refractivity contribution is 5.54. The van der Waals surface area contributed by atoms with Crippen molar-refractivity contribution < 1.29 is 19.0 Å². The topological polar surface area (TPSA) is 44.8 Å². The fourth-order valence-corrected chi connectivity index (χ4v) is 2.22. The molecule has 0 atom stereocenters. The Labute approximate surface area is 139 Å². The Kier molecular flexibility index (Phi) is 9.60. The first-order valence-corrected chi connectivity index (χ1v) is 8.32. The van der Waals surface area contributed by atoms with E-state index in [4.69, 9.17) is 14.2 Å². The van der Waals surface area contributed by atoms with Crippen LogP contribution in [0.4, 0.5) is 0 Å². The molecule has 0 fully saturated rings.